The zero-order valence-electron chi connectivity index (χ0n) is 8.10. The first-order valence-corrected chi connectivity index (χ1v) is 4.39. The molecule has 0 aliphatic rings. The number of hydrogen-bond donors (Lipinski definition) is 1. The summed E-state index contributed by atoms with van der Waals surface area (Å²) < 4.78 is 4.70. The lowest BCUT2D eigenvalue weighted by Gasteiger charge is -1.97. The number of esters is 1. The largest absolute Gasteiger partial charge is 0.478 e. The van der Waals surface area contributed by atoms with Crippen LogP contribution in [0.3, 0.4) is 0 Å². The van der Waals surface area contributed by atoms with Gasteiger partial charge >= 0.3 is 11.9 Å². The normalized spacial score (nSPS) is 10.9. The van der Waals surface area contributed by atoms with Crippen molar-refractivity contribution < 1.29 is 19.4 Å². The Morgan fingerprint density at radius 1 is 1.29 bits per heavy atom. The second kappa shape index (κ2) is 8.04. The van der Waals surface area contributed by atoms with Gasteiger partial charge in [0.25, 0.3) is 0 Å². The van der Waals surface area contributed by atoms with E-state index in [1.807, 2.05) is 19.1 Å². The molecular formula is C10H14O4. The topological polar surface area (TPSA) is 63.6 Å². The number of carbonyl (C=O) groups is 2. The molecule has 0 rings (SSSR count). The Bertz CT molecular complexity index is 241. The van der Waals surface area contributed by atoms with Crippen molar-refractivity contribution in [1.82, 2.24) is 0 Å². The number of carboxylic acids is 1. The van der Waals surface area contributed by atoms with Crippen molar-refractivity contribution >= 4 is 11.9 Å². The Morgan fingerprint density at radius 3 is 2.57 bits per heavy atom. The van der Waals surface area contributed by atoms with Crippen LogP contribution in [0.2, 0.25) is 0 Å². The average molecular weight is 198 g/mol. The summed E-state index contributed by atoms with van der Waals surface area (Å²) in [5.74, 6) is -1.79. The second-order valence-electron chi connectivity index (χ2n) is 2.51. The monoisotopic (exact) mass is 198 g/mol. The van der Waals surface area contributed by atoms with Gasteiger partial charge in [-0.1, -0.05) is 19.1 Å². The summed E-state index contributed by atoms with van der Waals surface area (Å²) in [6, 6.07) is 0. The average Bonchev–Trinajstić information content (AvgIpc) is 2.14. The molecule has 0 aromatic heterocycles. The van der Waals surface area contributed by atoms with Gasteiger partial charge in [0, 0.05) is 12.2 Å². The van der Waals surface area contributed by atoms with Crippen molar-refractivity contribution in [1.29, 1.82) is 0 Å². The van der Waals surface area contributed by atoms with Crippen molar-refractivity contribution in [2.75, 3.05) is 6.61 Å². The number of allylic oxidation sites excluding steroid dienone is 1. The maximum Gasteiger partial charge on any atom is 0.331 e. The third kappa shape index (κ3) is 8.52. The quantitative estimate of drug-likeness (QED) is 0.304. The Kier molecular flexibility index (Phi) is 7.13. The van der Waals surface area contributed by atoms with Gasteiger partial charge in [0.2, 0.25) is 0 Å². The molecule has 1 N–H and O–H groups in total. The highest BCUT2D eigenvalue weighted by Gasteiger charge is 1.96. The molecule has 0 aromatic rings. The smallest absolute Gasteiger partial charge is 0.331 e. The van der Waals surface area contributed by atoms with E-state index in [9.17, 15) is 9.59 Å². The third-order valence-corrected chi connectivity index (χ3v) is 1.29. The lowest BCUT2D eigenvalue weighted by atomic mass is 10.3. The number of ether oxygens (including phenoxy) is 1. The van der Waals surface area contributed by atoms with Crippen LogP contribution in [0.15, 0.2) is 24.3 Å². The molecule has 0 bridgehead atoms. The van der Waals surface area contributed by atoms with Gasteiger partial charge in [-0.05, 0) is 12.8 Å². The minimum absolute atomic E-state index is 0.277. The van der Waals surface area contributed by atoms with E-state index in [0.29, 0.717) is 6.42 Å². The number of carboxylic acid groups (broad SMARTS) is 1. The fraction of sp³-hybridized carbons (Fsp3) is 0.400. The highest BCUT2D eigenvalue weighted by molar-refractivity contribution is 5.90. The summed E-state index contributed by atoms with van der Waals surface area (Å²) in [4.78, 5) is 20.8. The molecule has 0 unspecified atom stereocenters. The molecule has 0 aromatic carbocycles. The van der Waals surface area contributed by atoms with Gasteiger partial charge in [0.1, 0.15) is 0 Å². The molecule has 0 heterocycles. The predicted octanol–water partition coefficient (Wildman–Crippen LogP) is 1.53. The van der Waals surface area contributed by atoms with Gasteiger partial charge in [-0.15, -0.1) is 0 Å². The number of hydrogen-bond acceptors (Lipinski definition) is 3. The fourth-order valence-electron chi connectivity index (χ4n) is 0.700. The van der Waals surface area contributed by atoms with E-state index in [2.05, 4.69) is 0 Å². The van der Waals surface area contributed by atoms with E-state index in [-0.39, 0.29) is 6.61 Å². The van der Waals surface area contributed by atoms with Crippen LogP contribution in [0.4, 0.5) is 0 Å². The van der Waals surface area contributed by atoms with Gasteiger partial charge in [0.05, 0.1) is 6.61 Å². The molecule has 0 saturated carbocycles. The Hall–Kier alpha value is -1.58. The van der Waals surface area contributed by atoms with Crippen molar-refractivity contribution in [3.63, 3.8) is 0 Å². The maximum absolute atomic E-state index is 10.8. The Balaban J connectivity index is 3.54. The zero-order valence-corrected chi connectivity index (χ0v) is 8.10. The molecule has 4 heteroatoms. The van der Waals surface area contributed by atoms with Crippen LogP contribution in [0.5, 0.6) is 0 Å². The second-order valence-corrected chi connectivity index (χ2v) is 2.51. The molecule has 0 amide bonds. The van der Waals surface area contributed by atoms with Crippen LogP contribution in [-0.4, -0.2) is 23.7 Å². The van der Waals surface area contributed by atoms with Gasteiger partial charge < -0.3 is 9.84 Å². The van der Waals surface area contributed by atoms with Crippen molar-refractivity contribution in [2.24, 2.45) is 0 Å². The van der Waals surface area contributed by atoms with Crippen LogP contribution in [-0.2, 0) is 14.3 Å². The SMILES string of the molecule is CC/C=C/CCOC(=O)/C=C\C(=O)O. The lowest BCUT2D eigenvalue weighted by molar-refractivity contribution is -0.138. The molecule has 0 aliphatic heterocycles. The minimum atomic E-state index is -1.16. The van der Waals surface area contributed by atoms with Gasteiger partial charge in [-0.3, -0.25) is 0 Å². The molecule has 4 nitrogen and oxygen atoms in total. The van der Waals surface area contributed by atoms with Crippen molar-refractivity contribution in [3.8, 4) is 0 Å². The van der Waals surface area contributed by atoms with E-state index in [1.54, 1.807) is 0 Å². The maximum atomic E-state index is 10.8. The van der Waals surface area contributed by atoms with E-state index in [4.69, 9.17) is 9.84 Å². The summed E-state index contributed by atoms with van der Waals surface area (Å²) in [5.41, 5.74) is 0. The molecule has 0 spiro atoms. The van der Waals surface area contributed by atoms with Crippen molar-refractivity contribution in [2.45, 2.75) is 19.8 Å². The van der Waals surface area contributed by atoms with Crippen LogP contribution < -0.4 is 0 Å². The zero-order chi connectivity index (χ0) is 10.8. The van der Waals surface area contributed by atoms with Crippen LogP contribution in [0.25, 0.3) is 0 Å². The highest BCUT2D eigenvalue weighted by Crippen LogP contribution is 1.89. The molecule has 0 atom stereocenters. The highest BCUT2D eigenvalue weighted by atomic mass is 16.5. The molecule has 0 saturated heterocycles. The summed E-state index contributed by atoms with van der Waals surface area (Å²) >= 11 is 0. The number of rotatable bonds is 6. The van der Waals surface area contributed by atoms with Crippen LogP contribution in [0.1, 0.15) is 19.8 Å². The summed E-state index contributed by atoms with van der Waals surface area (Å²) in [5, 5.41) is 8.20. The summed E-state index contributed by atoms with van der Waals surface area (Å²) in [6.45, 7) is 2.29. The summed E-state index contributed by atoms with van der Waals surface area (Å²) in [7, 11) is 0. The number of aliphatic carboxylic acids is 1. The van der Waals surface area contributed by atoms with Gasteiger partial charge in [-0.2, -0.15) is 0 Å². The van der Waals surface area contributed by atoms with Crippen molar-refractivity contribution in [3.05, 3.63) is 24.3 Å². The molecule has 78 valence electrons. The number of carbonyl (C=O) groups excluding carboxylic acids is 1. The molecule has 0 radical (unpaired) electrons. The van der Waals surface area contributed by atoms with E-state index in [1.165, 1.54) is 0 Å². The first-order valence-electron chi connectivity index (χ1n) is 4.39. The summed E-state index contributed by atoms with van der Waals surface area (Å²) in [6.07, 6.45) is 7.14. The van der Waals surface area contributed by atoms with Gasteiger partial charge in [-0.25, -0.2) is 9.59 Å². The molecule has 14 heavy (non-hydrogen) atoms. The first kappa shape index (κ1) is 12.4. The lowest BCUT2D eigenvalue weighted by Crippen LogP contribution is -2.02. The molecule has 0 aliphatic carbocycles. The molecule has 0 fully saturated rings. The van der Waals surface area contributed by atoms with Gasteiger partial charge in [0.15, 0.2) is 0 Å². The van der Waals surface area contributed by atoms with Crippen LogP contribution in [0, 0.1) is 0 Å². The molecular weight excluding hydrogens is 184 g/mol. The van der Waals surface area contributed by atoms with E-state index >= 15 is 0 Å². The van der Waals surface area contributed by atoms with E-state index in [0.717, 1.165) is 18.6 Å². The predicted molar refractivity (Wildman–Crippen MR) is 51.8 cm³/mol. The third-order valence-electron chi connectivity index (χ3n) is 1.29. The Morgan fingerprint density at radius 2 is 2.00 bits per heavy atom. The fourth-order valence-corrected chi connectivity index (χ4v) is 0.700. The first-order chi connectivity index (χ1) is 6.66. The standard InChI is InChI=1S/C10H14O4/c1-2-3-4-5-8-14-10(13)7-6-9(11)12/h3-4,6-7H,2,5,8H2,1H3,(H,11,12)/b4-3+,7-6-. The minimum Gasteiger partial charge on any atom is -0.478 e. The van der Waals surface area contributed by atoms with E-state index < -0.39 is 11.9 Å². The van der Waals surface area contributed by atoms with Crippen LogP contribution >= 0.6 is 0 Å². The Labute approximate surface area is 82.9 Å².